The van der Waals surface area contributed by atoms with Gasteiger partial charge in [-0.2, -0.15) is 5.26 Å². The molecule has 0 radical (unpaired) electrons. The molecule has 0 heterocycles. The van der Waals surface area contributed by atoms with Crippen LogP contribution in [0.15, 0.2) is 54.1 Å². The van der Waals surface area contributed by atoms with Crippen LogP contribution in [0.4, 0.5) is 0 Å². The number of hydrogen-bond donors (Lipinski definition) is 0. The minimum Gasteiger partial charge on any atom is -0.193 e. The van der Waals surface area contributed by atoms with Crippen LogP contribution < -0.4 is 0 Å². The van der Waals surface area contributed by atoms with Gasteiger partial charge in [0.25, 0.3) is 0 Å². The monoisotopic (exact) mass is 267 g/mol. The Labute approximate surface area is 118 Å². The van der Waals surface area contributed by atoms with Crippen molar-refractivity contribution in [1.29, 1.82) is 5.26 Å². The highest BCUT2D eigenvalue weighted by Crippen LogP contribution is 2.20. The Hall–Kier alpha value is -2.04. The molecule has 2 heteroatoms. The SMILES string of the molecule is Cc1ccccc1C/C(C#N)=C/c1ccccc1Cl. The smallest absolute Gasteiger partial charge is 0.0950 e. The second-order valence-electron chi connectivity index (χ2n) is 4.41. The van der Waals surface area contributed by atoms with E-state index in [1.807, 2.05) is 48.5 Å². The molecule has 1 nitrogen and oxygen atoms in total. The first kappa shape index (κ1) is 13.4. The standard InChI is InChI=1S/C17H14ClN/c1-13-6-2-3-7-15(13)10-14(12-19)11-16-8-4-5-9-17(16)18/h2-9,11H,10H2,1H3/b14-11-. The summed E-state index contributed by atoms with van der Waals surface area (Å²) in [6.45, 7) is 2.06. The fourth-order valence-corrected chi connectivity index (χ4v) is 2.11. The van der Waals surface area contributed by atoms with E-state index >= 15 is 0 Å². The molecule has 0 N–H and O–H groups in total. The summed E-state index contributed by atoms with van der Waals surface area (Å²) in [5.74, 6) is 0. The van der Waals surface area contributed by atoms with E-state index < -0.39 is 0 Å². The van der Waals surface area contributed by atoms with Gasteiger partial charge in [-0.25, -0.2) is 0 Å². The number of allylic oxidation sites excluding steroid dienone is 1. The number of halogens is 1. The number of hydrogen-bond acceptors (Lipinski definition) is 1. The largest absolute Gasteiger partial charge is 0.193 e. The van der Waals surface area contributed by atoms with Crippen molar-refractivity contribution in [2.24, 2.45) is 0 Å². The van der Waals surface area contributed by atoms with Crippen LogP contribution in [-0.2, 0) is 6.42 Å². The Morgan fingerprint density at radius 1 is 1.16 bits per heavy atom. The lowest BCUT2D eigenvalue weighted by atomic mass is 10.00. The van der Waals surface area contributed by atoms with Crippen molar-refractivity contribution in [3.8, 4) is 6.07 Å². The Bertz CT molecular complexity index is 650. The van der Waals surface area contributed by atoms with Gasteiger partial charge < -0.3 is 0 Å². The van der Waals surface area contributed by atoms with Crippen LogP contribution in [0.3, 0.4) is 0 Å². The van der Waals surface area contributed by atoms with Crippen LogP contribution in [0.1, 0.15) is 16.7 Å². The topological polar surface area (TPSA) is 23.8 Å². The number of rotatable bonds is 3. The summed E-state index contributed by atoms with van der Waals surface area (Å²) < 4.78 is 0. The summed E-state index contributed by atoms with van der Waals surface area (Å²) >= 11 is 6.11. The minimum absolute atomic E-state index is 0.633. The number of nitriles is 1. The number of nitrogens with zero attached hydrogens (tertiary/aromatic N) is 1. The summed E-state index contributed by atoms with van der Waals surface area (Å²) in [7, 11) is 0. The van der Waals surface area contributed by atoms with E-state index in [0.29, 0.717) is 17.0 Å². The number of aryl methyl sites for hydroxylation is 1. The van der Waals surface area contributed by atoms with Crippen molar-refractivity contribution in [1.82, 2.24) is 0 Å². The van der Waals surface area contributed by atoms with Crippen molar-refractivity contribution >= 4 is 17.7 Å². The minimum atomic E-state index is 0.633. The molecular weight excluding hydrogens is 254 g/mol. The third-order valence-electron chi connectivity index (χ3n) is 3.02. The zero-order chi connectivity index (χ0) is 13.7. The predicted octanol–water partition coefficient (Wildman–Crippen LogP) is 4.80. The average Bonchev–Trinajstić information content (AvgIpc) is 2.42. The van der Waals surface area contributed by atoms with Crippen LogP contribution in [-0.4, -0.2) is 0 Å². The van der Waals surface area contributed by atoms with Crippen molar-refractivity contribution in [2.45, 2.75) is 13.3 Å². The molecule has 0 atom stereocenters. The van der Waals surface area contributed by atoms with E-state index in [4.69, 9.17) is 11.6 Å². The molecule has 0 aromatic heterocycles. The lowest BCUT2D eigenvalue weighted by molar-refractivity contribution is 1.17. The normalized spacial score (nSPS) is 11.1. The van der Waals surface area contributed by atoms with E-state index in [0.717, 1.165) is 5.56 Å². The van der Waals surface area contributed by atoms with Gasteiger partial charge in [-0.3, -0.25) is 0 Å². The highest BCUT2D eigenvalue weighted by atomic mass is 35.5. The third kappa shape index (κ3) is 3.47. The molecule has 0 saturated heterocycles. The summed E-state index contributed by atoms with van der Waals surface area (Å²) in [6, 6.07) is 17.9. The van der Waals surface area contributed by atoms with Crippen molar-refractivity contribution in [3.05, 3.63) is 75.8 Å². The van der Waals surface area contributed by atoms with Gasteiger partial charge in [-0.05, 0) is 35.8 Å². The molecule has 94 valence electrons. The maximum atomic E-state index is 9.27. The van der Waals surface area contributed by atoms with Crippen molar-refractivity contribution < 1.29 is 0 Å². The van der Waals surface area contributed by atoms with E-state index in [2.05, 4.69) is 19.1 Å². The van der Waals surface area contributed by atoms with Gasteiger partial charge in [0.05, 0.1) is 6.07 Å². The van der Waals surface area contributed by atoms with Gasteiger partial charge in [-0.15, -0.1) is 0 Å². The summed E-state index contributed by atoms with van der Waals surface area (Å²) in [4.78, 5) is 0. The van der Waals surface area contributed by atoms with E-state index in [1.54, 1.807) is 0 Å². The lowest BCUT2D eigenvalue weighted by Crippen LogP contribution is -1.92. The zero-order valence-electron chi connectivity index (χ0n) is 10.7. The molecule has 0 saturated carbocycles. The maximum absolute atomic E-state index is 9.27. The summed E-state index contributed by atoms with van der Waals surface area (Å²) in [6.07, 6.45) is 2.49. The molecule has 0 bridgehead atoms. The molecule has 0 aliphatic rings. The van der Waals surface area contributed by atoms with E-state index in [9.17, 15) is 5.26 Å². The molecule has 0 aliphatic carbocycles. The Morgan fingerprint density at radius 3 is 2.53 bits per heavy atom. The van der Waals surface area contributed by atoms with Crippen LogP contribution in [0.5, 0.6) is 0 Å². The fraction of sp³-hybridized carbons (Fsp3) is 0.118. The molecule has 0 unspecified atom stereocenters. The molecule has 0 aliphatic heterocycles. The quantitative estimate of drug-likeness (QED) is 0.733. The first-order valence-corrected chi connectivity index (χ1v) is 6.48. The molecule has 0 amide bonds. The molecule has 2 rings (SSSR count). The fourth-order valence-electron chi connectivity index (χ4n) is 1.92. The predicted molar refractivity (Wildman–Crippen MR) is 79.9 cm³/mol. The van der Waals surface area contributed by atoms with Crippen LogP contribution in [0.25, 0.3) is 6.08 Å². The molecule has 19 heavy (non-hydrogen) atoms. The zero-order valence-corrected chi connectivity index (χ0v) is 11.5. The number of benzene rings is 2. The van der Waals surface area contributed by atoms with Gasteiger partial charge in [0.15, 0.2) is 0 Å². The molecule has 0 fully saturated rings. The second kappa shape index (κ2) is 6.22. The van der Waals surface area contributed by atoms with Gasteiger partial charge in [0, 0.05) is 17.0 Å². The van der Waals surface area contributed by atoms with Crippen molar-refractivity contribution in [3.63, 3.8) is 0 Å². The van der Waals surface area contributed by atoms with Gasteiger partial charge in [0.1, 0.15) is 0 Å². The van der Waals surface area contributed by atoms with E-state index in [1.165, 1.54) is 11.1 Å². The van der Waals surface area contributed by atoms with Crippen molar-refractivity contribution in [2.75, 3.05) is 0 Å². The maximum Gasteiger partial charge on any atom is 0.0950 e. The molecule has 2 aromatic carbocycles. The average molecular weight is 268 g/mol. The Balaban J connectivity index is 2.30. The van der Waals surface area contributed by atoms with E-state index in [-0.39, 0.29) is 0 Å². The van der Waals surface area contributed by atoms with Crippen LogP contribution in [0, 0.1) is 18.3 Å². The lowest BCUT2D eigenvalue weighted by Gasteiger charge is -2.05. The first-order valence-electron chi connectivity index (χ1n) is 6.10. The van der Waals surface area contributed by atoms with Gasteiger partial charge >= 0.3 is 0 Å². The highest BCUT2D eigenvalue weighted by molar-refractivity contribution is 6.32. The molecule has 0 spiro atoms. The first-order chi connectivity index (χ1) is 9.20. The second-order valence-corrected chi connectivity index (χ2v) is 4.81. The van der Waals surface area contributed by atoms with Crippen LogP contribution >= 0.6 is 11.6 Å². The summed E-state index contributed by atoms with van der Waals surface area (Å²) in [5, 5.41) is 9.94. The summed E-state index contributed by atoms with van der Waals surface area (Å²) in [5.41, 5.74) is 3.96. The third-order valence-corrected chi connectivity index (χ3v) is 3.36. The Morgan fingerprint density at radius 2 is 1.84 bits per heavy atom. The Kier molecular flexibility index (Phi) is 4.39. The van der Waals surface area contributed by atoms with Gasteiger partial charge in [-0.1, -0.05) is 54.1 Å². The van der Waals surface area contributed by atoms with Crippen LogP contribution in [0.2, 0.25) is 5.02 Å². The molecule has 2 aromatic rings. The highest BCUT2D eigenvalue weighted by Gasteiger charge is 2.03. The molecular formula is C17H14ClN. The van der Waals surface area contributed by atoms with Gasteiger partial charge in [0.2, 0.25) is 0 Å².